The summed E-state index contributed by atoms with van der Waals surface area (Å²) in [4.78, 5) is 12.7. The van der Waals surface area contributed by atoms with E-state index in [9.17, 15) is 0 Å². The summed E-state index contributed by atoms with van der Waals surface area (Å²) in [5.41, 5.74) is 9.65. The Bertz CT molecular complexity index is 1560. The van der Waals surface area contributed by atoms with E-state index in [2.05, 4.69) is 74.9 Å². The van der Waals surface area contributed by atoms with Crippen molar-refractivity contribution in [2.75, 3.05) is 0 Å². The molecule has 0 saturated heterocycles. The number of aromatic amines is 2. The summed E-state index contributed by atoms with van der Waals surface area (Å²) in [5, 5.41) is 12.3. The standard InChI is InChI=1S/C28H24N6/c1-18-21(15-29-14-19-7-3-2-4-8-19)16-30-17-23(18)20-11-12-24-22(13-20)27(34-33-24)28-31-25-9-5-6-10-26(25)32-28/h2-13,16-17,29H,14-15H2,1H3,(H,31,32)(H,33,34). The van der Waals surface area contributed by atoms with Crippen molar-refractivity contribution < 1.29 is 0 Å². The zero-order valence-electron chi connectivity index (χ0n) is 18.8. The minimum atomic E-state index is 0.762. The van der Waals surface area contributed by atoms with Gasteiger partial charge in [0, 0.05) is 36.4 Å². The zero-order valence-corrected chi connectivity index (χ0v) is 18.8. The summed E-state index contributed by atoms with van der Waals surface area (Å²) in [6, 6.07) is 24.8. The number of para-hydroxylation sites is 2. The SMILES string of the molecule is Cc1c(CNCc2ccccc2)cncc1-c1ccc2[nH]nc(-c3nc4ccccc4[nH]3)c2c1. The van der Waals surface area contributed by atoms with Gasteiger partial charge in [-0.15, -0.1) is 0 Å². The van der Waals surface area contributed by atoms with Crippen LogP contribution in [0.5, 0.6) is 0 Å². The molecule has 0 saturated carbocycles. The number of fused-ring (bicyclic) bond motifs is 2. The molecule has 6 rings (SSSR count). The fourth-order valence-electron chi connectivity index (χ4n) is 4.40. The van der Waals surface area contributed by atoms with Crippen LogP contribution in [0.4, 0.5) is 0 Å². The molecule has 6 nitrogen and oxygen atoms in total. The van der Waals surface area contributed by atoms with E-state index < -0.39 is 0 Å². The van der Waals surface area contributed by atoms with Crippen molar-refractivity contribution in [3.8, 4) is 22.6 Å². The molecule has 3 aromatic carbocycles. The molecule has 0 unspecified atom stereocenters. The first-order chi connectivity index (χ1) is 16.8. The summed E-state index contributed by atoms with van der Waals surface area (Å²) in [6.07, 6.45) is 3.89. The maximum absolute atomic E-state index is 4.74. The third-order valence-electron chi connectivity index (χ3n) is 6.29. The lowest BCUT2D eigenvalue weighted by atomic mass is 9.98. The number of aromatic nitrogens is 5. The highest BCUT2D eigenvalue weighted by Gasteiger charge is 2.15. The molecule has 0 atom stereocenters. The van der Waals surface area contributed by atoms with Crippen LogP contribution in [-0.4, -0.2) is 25.1 Å². The van der Waals surface area contributed by atoms with E-state index in [0.29, 0.717) is 0 Å². The molecule has 0 aliphatic heterocycles. The van der Waals surface area contributed by atoms with Gasteiger partial charge in [-0.25, -0.2) is 4.98 Å². The third-order valence-corrected chi connectivity index (χ3v) is 6.29. The van der Waals surface area contributed by atoms with Crippen LogP contribution in [-0.2, 0) is 13.1 Å². The second-order valence-corrected chi connectivity index (χ2v) is 8.50. The van der Waals surface area contributed by atoms with Crippen LogP contribution < -0.4 is 5.32 Å². The van der Waals surface area contributed by atoms with Crippen LogP contribution in [0.25, 0.3) is 44.6 Å². The maximum atomic E-state index is 4.74. The summed E-state index contributed by atoms with van der Waals surface area (Å²) in [6.45, 7) is 3.75. The number of nitrogens with zero attached hydrogens (tertiary/aromatic N) is 3. The number of imidazole rings is 1. The minimum absolute atomic E-state index is 0.762. The topological polar surface area (TPSA) is 82.3 Å². The molecule has 0 spiro atoms. The number of rotatable bonds is 6. The van der Waals surface area contributed by atoms with Gasteiger partial charge in [0.1, 0.15) is 5.69 Å². The molecule has 0 aliphatic carbocycles. The highest BCUT2D eigenvalue weighted by atomic mass is 15.1. The van der Waals surface area contributed by atoms with E-state index in [1.165, 1.54) is 16.7 Å². The summed E-state index contributed by atoms with van der Waals surface area (Å²) in [5.74, 6) is 0.762. The minimum Gasteiger partial charge on any atom is -0.337 e. The van der Waals surface area contributed by atoms with Crippen LogP contribution in [0.15, 0.2) is 85.2 Å². The first kappa shape index (κ1) is 20.3. The zero-order chi connectivity index (χ0) is 22.9. The molecule has 0 radical (unpaired) electrons. The number of benzene rings is 3. The fourth-order valence-corrected chi connectivity index (χ4v) is 4.40. The molecule has 6 aromatic rings. The monoisotopic (exact) mass is 444 g/mol. The summed E-state index contributed by atoms with van der Waals surface area (Å²) >= 11 is 0. The molecular weight excluding hydrogens is 420 g/mol. The third kappa shape index (κ3) is 3.74. The van der Waals surface area contributed by atoms with Crippen molar-refractivity contribution in [3.63, 3.8) is 0 Å². The predicted molar refractivity (Wildman–Crippen MR) is 136 cm³/mol. The molecule has 0 aliphatic rings. The lowest BCUT2D eigenvalue weighted by Gasteiger charge is -2.12. The summed E-state index contributed by atoms with van der Waals surface area (Å²) < 4.78 is 0. The maximum Gasteiger partial charge on any atom is 0.159 e. The first-order valence-electron chi connectivity index (χ1n) is 11.4. The van der Waals surface area contributed by atoms with E-state index in [-0.39, 0.29) is 0 Å². The lowest BCUT2D eigenvalue weighted by Crippen LogP contribution is -2.14. The molecule has 34 heavy (non-hydrogen) atoms. The van der Waals surface area contributed by atoms with E-state index in [4.69, 9.17) is 4.98 Å². The average molecular weight is 445 g/mol. The van der Waals surface area contributed by atoms with Gasteiger partial charge in [-0.1, -0.05) is 48.5 Å². The molecule has 166 valence electrons. The molecule has 0 bridgehead atoms. The van der Waals surface area contributed by atoms with Crippen molar-refractivity contribution in [3.05, 3.63) is 102 Å². The van der Waals surface area contributed by atoms with E-state index in [1.54, 1.807) is 0 Å². The Balaban J connectivity index is 1.32. The molecule has 0 amide bonds. The molecular formula is C28H24N6. The first-order valence-corrected chi connectivity index (χ1v) is 11.4. The lowest BCUT2D eigenvalue weighted by molar-refractivity contribution is 0.689. The van der Waals surface area contributed by atoms with Gasteiger partial charge >= 0.3 is 0 Å². The normalized spacial score (nSPS) is 11.4. The van der Waals surface area contributed by atoms with Gasteiger partial charge in [-0.2, -0.15) is 5.10 Å². The Kier molecular flexibility index (Phi) is 5.13. The van der Waals surface area contributed by atoms with Crippen LogP contribution >= 0.6 is 0 Å². The van der Waals surface area contributed by atoms with Gasteiger partial charge in [-0.3, -0.25) is 10.1 Å². The summed E-state index contributed by atoms with van der Waals surface area (Å²) in [7, 11) is 0. The second-order valence-electron chi connectivity index (χ2n) is 8.50. The molecule has 0 fully saturated rings. The Hall–Kier alpha value is -4.29. The Morgan fingerprint density at radius 3 is 2.59 bits per heavy atom. The van der Waals surface area contributed by atoms with Gasteiger partial charge in [0.15, 0.2) is 5.82 Å². The number of hydrogen-bond acceptors (Lipinski definition) is 4. The van der Waals surface area contributed by atoms with E-state index in [1.807, 2.05) is 42.7 Å². The molecule has 3 heterocycles. The number of hydrogen-bond donors (Lipinski definition) is 3. The molecule has 6 heteroatoms. The van der Waals surface area contributed by atoms with Gasteiger partial charge in [0.25, 0.3) is 0 Å². The fraction of sp³-hybridized carbons (Fsp3) is 0.107. The van der Waals surface area contributed by atoms with Crippen LogP contribution in [0.1, 0.15) is 16.7 Å². The highest BCUT2D eigenvalue weighted by molar-refractivity contribution is 5.95. The van der Waals surface area contributed by atoms with Gasteiger partial charge in [0.2, 0.25) is 0 Å². The average Bonchev–Trinajstić information content (AvgIpc) is 3.49. The quantitative estimate of drug-likeness (QED) is 0.305. The molecule has 3 aromatic heterocycles. The Labute approximate surface area is 197 Å². The number of pyridine rings is 1. The van der Waals surface area contributed by atoms with E-state index in [0.717, 1.165) is 57.7 Å². The van der Waals surface area contributed by atoms with Crippen molar-refractivity contribution in [2.24, 2.45) is 0 Å². The van der Waals surface area contributed by atoms with Crippen molar-refractivity contribution in [2.45, 2.75) is 20.0 Å². The van der Waals surface area contributed by atoms with E-state index >= 15 is 0 Å². The smallest absolute Gasteiger partial charge is 0.159 e. The Morgan fingerprint density at radius 2 is 1.71 bits per heavy atom. The van der Waals surface area contributed by atoms with Gasteiger partial charge in [-0.05, 0) is 53.4 Å². The number of nitrogens with one attached hydrogen (secondary N) is 3. The van der Waals surface area contributed by atoms with Gasteiger partial charge < -0.3 is 10.3 Å². The van der Waals surface area contributed by atoms with Crippen LogP contribution in [0.2, 0.25) is 0 Å². The Morgan fingerprint density at radius 1 is 0.853 bits per heavy atom. The second kappa shape index (κ2) is 8.57. The van der Waals surface area contributed by atoms with Crippen molar-refractivity contribution in [1.29, 1.82) is 0 Å². The van der Waals surface area contributed by atoms with Crippen LogP contribution in [0.3, 0.4) is 0 Å². The van der Waals surface area contributed by atoms with Crippen molar-refractivity contribution >= 4 is 21.9 Å². The van der Waals surface area contributed by atoms with Crippen LogP contribution in [0, 0.1) is 6.92 Å². The highest BCUT2D eigenvalue weighted by Crippen LogP contribution is 2.32. The molecule has 3 N–H and O–H groups in total. The van der Waals surface area contributed by atoms with Crippen molar-refractivity contribution in [1.82, 2.24) is 30.5 Å². The van der Waals surface area contributed by atoms with Gasteiger partial charge in [0.05, 0.1) is 16.6 Å². The number of H-pyrrole nitrogens is 2. The predicted octanol–water partition coefficient (Wildman–Crippen LogP) is 5.77. The largest absolute Gasteiger partial charge is 0.337 e.